The Morgan fingerprint density at radius 2 is 2.14 bits per heavy atom. The molecule has 74 valence electrons. The van der Waals surface area contributed by atoms with E-state index < -0.39 is 0 Å². The van der Waals surface area contributed by atoms with Crippen molar-refractivity contribution in [2.24, 2.45) is 5.73 Å². The number of nitrogens with two attached hydrogens (primary N) is 1. The molecule has 3 heteroatoms. The molecular formula is C11H13ClN2. The SMILES string of the molecule is CCc1cc2[nH]c(CN)cc2cc1Cl. The number of hydrogen-bond donors (Lipinski definition) is 2. The van der Waals surface area contributed by atoms with Crippen LogP contribution < -0.4 is 5.73 Å². The van der Waals surface area contributed by atoms with Crippen LogP contribution in [0.15, 0.2) is 18.2 Å². The third-order valence-electron chi connectivity index (χ3n) is 2.44. The summed E-state index contributed by atoms with van der Waals surface area (Å²) >= 11 is 6.11. The Kier molecular flexibility index (Phi) is 2.48. The molecule has 1 aromatic carbocycles. The first-order chi connectivity index (χ1) is 6.74. The van der Waals surface area contributed by atoms with Crippen LogP contribution in [0.1, 0.15) is 18.2 Å². The predicted octanol–water partition coefficient (Wildman–Crippen LogP) is 2.84. The van der Waals surface area contributed by atoms with Gasteiger partial charge < -0.3 is 10.7 Å². The summed E-state index contributed by atoms with van der Waals surface area (Å²) in [6.45, 7) is 2.63. The van der Waals surface area contributed by atoms with Crippen LogP contribution in [0, 0.1) is 0 Å². The first-order valence-electron chi connectivity index (χ1n) is 4.74. The Bertz CT molecular complexity index is 460. The maximum atomic E-state index is 6.11. The van der Waals surface area contributed by atoms with Crippen molar-refractivity contribution in [3.05, 3.63) is 34.5 Å². The minimum absolute atomic E-state index is 0.535. The number of nitrogens with one attached hydrogen (secondary N) is 1. The van der Waals surface area contributed by atoms with Gasteiger partial charge in [-0.25, -0.2) is 0 Å². The minimum atomic E-state index is 0.535. The number of halogens is 1. The zero-order chi connectivity index (χ0) is 10.1. The topological polar surface area (TPSA) is 41.8 Å². The second kappa shape index (κ2) is 3.64. The Labute approximate surface area is 88.1 Å². The van der Waals surface area contributed by atoms with Gasteiger partial charge in [-0.3, -0.25) is 0 Å². The lowest BCUT2D eigenvalue weighted by atomic mass is 10.1. The molecule has 0 fully saturated rings. The lowest BCUT2D eigenvalue weighted by Crippen LogP contribution is -1.95. The van der Waals surface area contributed by atoms with Gasteiger partial charge in [0.2, 0.25) is 0 Å². The first kappa shape index (κ1) is 9.56. The van der Waals surface area contributed by atoms with Crippen LogP contribution in [0.3, 0.4) is 0 Å². The fourth-order valence-corrected chi connectivity index (χ4v) is 1.94. The van der Waals surface area contributed by atoms with E-state index in [1.165, 1.54) is 5.56 Å². The van der Waals surface area contributed by atoms with Crippen molar-refractivity contribution in [2.45, 2.75) is 19.9 Å². The van der Waals surface area contributed by atoms with Gasteiger partial charge in [-0.05, 0) is 30.2 Å². The lowest BCUT2D eigenvalue weighted by molar-refractivity contribution is 1.02. The number of rotatable bonds is 2. The zero-order valence-electron chi connectivity index (χ0n) is 8.10. The van der Waals surface area contributed by atoms with E-state index in [1.807, 2.05) is 12.1 Å². The largest absolute Gasteiger partial charge is 0.357 e. The fourth-order valence-electron chi connectivity index (χ4n) is 1.64. The summed E-state index contributed by atoms with van der Waals surface area (Å²) in [5.41, 5.74) is 8.89. The summed E-state index contributed by atoms with van der Waals surface area (Å²) in [6.07, 6.45) is 0.950. The van der Waals surface area contributed by atoms with Crippen LogP contribution in [0.2, 0.25) is 5.02 Å². The maximum absolute atomic E-state index is 6.11. The number of benzene rings is 1. The minimum Gasteiger partial charge on any atom is -0.357 e. The first-order valence-corrected chi connectivity index (χ1v) is 5.12. The van der Waals surface area contributed by atoms with E-state index in [0.717, 1.165) is 28.0 Å². The Hall–Kier alpha value is -0.990. The summed E-state index contributed by atoms with van der Waals surface area (Å²) in [7, 11) is 0. The molecule has 14 heavy (non-hydrogen) atoms. The van der Waals surface area contributed by atoms with Gasteiger partial charge in [0.1, 0.15) is 0 Å². The van der Waals surface area contributed by atoms with Crippen molar-refractivity contribution in [3.63, 3.8) is 0 Å². The molecule has 0 aliphatic carbocycles. The molecule has 0 atom stereocenters. The molecule has 2 nitrogen and oxygen atoms in total. The van der Waals surface area contributed by atoms with Crippen molar-refractivity contribution in [2.75, 3.05) is 0 Å². The quantitative estimate of drug-likeness (QED) is 0.783. The number of fused-ring (bicyclic) bond motifs is 1. The highest BCUT2D eigenvalue weighted by atomic mass is 35.5. The van der Waals surface area contributed by atoms with Gasteiger partial charge >= 0.3 is 0 Å². The van der Waals surface area contributed by atoms with Crippen molar-refractivity contribution < 1.29 is 0 Å². The second-order valence-electron chi connectivity index (χ2n) is 3.38. The van der Waals surface area contributed by atoms with Crippen molar-refractivity contribution in [1.82, 2.24) is 4.98 Å². The molecular weight excluding hydrogens is 196 g/mol. The van der Waals surface area contributed by atoms with Crippen LogP contribution >= 0.6 is 11.6 Å². The normalized spacial score (nSPS) is 11.1. The van der Waals surface area contributed by atoms with E-state index in [2.05, 4.69) is 18.0 Å². The van der Waals surface area contributed by atoms with Gasteiger partial charge in [-0.2, -0.15) is 0 Å². The van der Waals surface area contributed by atoms with E-state index in [-0.39, 0.29) is 0 Å². The molecule has 0 spiro atoms. The molecule has 1 heterocycles. The van der Waals surface area contributed by atoms with Crippen LogP contribution in [0.25, 0.3) is 10.9 Å². The second-order valence-corrected chi connectivity index (χ2v) is 3.79. The molecule has 1 aromatic heterocycles. The number of aryl methyl sites for hydroxylation is 1. The smallest absolute Gasteiger partial charge is 0.0460 e. The van der Waals surface area contributed by atoms with Crippen LogP contribution in [0.4, 0.5) is 0 Å². The predicted molar refractivity (Wildman–Crippen MR) is 60.6 cm³/mol. The Balaban J connectivity index is 2.64. The lowest BCUT2D eigenvalue weighted by Gasteiger charge is -2.00. The molecule has 0 aliphatic heterocycles. The van der Waals surface area contributed by atoms with Crippen LogP contribution in [0.5, 0.6) is 0 Å². The summed E-state index contributed by atoms with van der Waals surface area (Å²) in [6, 6.07) is 6.13. The molecule has 0 aliphatic rings. The van der Waals surface area contributed by atoms with E-state index in [9.17, 15) is 0 Å². The highest BCUT2D eigenvalue weighted by molar-refractivity contribution is 6.32. The van der Waals surface area contributed by atoms with Crippen LogP contribution in [-0.4, -0.2) is 4.98 Å². The summed E-state index contributed by atoms with van der Waals surface area (Å²) in [4.78, 5) is 3.26. The zero-order valence-corrected chi connectivity index (χ0v) is 8.86. The summed E-state index contributed by atoms with van der Waals surface area (Å²) in [5.74, 6) is 0. The van der Waals surface area contributed by atoms with Crippen molar-refractivity contribution >= 4 is 22.5 Å². The third-order valence-corrected chi connectivity index (χ3v) is 2.80. The van der Waals surface area contributed by atoms with E-state index in [1.54, 1.807) is 0 Å². The molecule has 0 amide bonds. The monoisotopic (exact) mass is 208 g/mol. The van der Waals surface area contributed by atoms with E-state index >= 15 is 0 Å². The number of aromatic amines is 1. The van der Waals surface area contributed by atoms with Gasteiger partial charge in [-0.1, -0.05) is 18.5 Å². The van der Waals surface area contributed by atoms with Crippen LogP contribution in [-0.2, 0) is 13.0 Å². The number of H-pyrrole nitrogens is 1. The van der Waals surface area contributed by atoms with E-state index in [0.29, 0.717) is 6.54 Å². The standard InChI is InChI=1S/C11H13ClN2/c1-2-7-5-11-8(4-10(7)12)3-9(6-13)14-11/h3-5,14H,2,6,13H2,1H3. The fraction of sp³-hybridized carbons (Fsp3) is 0.273. The molecule has 0 saturated carbocycles. The molecule has 0 unspecified atom stereocenters. The average Bonchev–Trinajstić information content (AvgIpc) is 2.58. The number of hydrogen-bond acceptors (Lipinski definition) is 1. The molecule has 2 aromatic rings. The summed E-state index contributed by atoms with van der Waals surface area (Å²) in [5, 5.41) is 1.97. The molecule has 3 N–H and O–H groups in total. The van der Waals surface area contributed by atoms with Crippen molar-refractivity contribution in [1.29, 1.82) is 0 Å². The molecule has 0 radical (unpaired) electrons. The summed E-state index contributed by atoms with van der Waals surface area (Å²) < 4.78 is 0. The maximum Gasteiger partial charge on any atom is 0.0460 e. The highest BCUT2D eigenvalue weighted by Crippen LogP contribution is 2.24. The Morgan fingerprint density at radius 1 is 1.36 bits per heavy atom. The number of aromatic nitrogens is 1. The highest BCUT2D eigenvalue weighted by Gasteiger charge is 2.04. The van der Waals surface area contributed by atoms with E-state index in [4.69, 9.17) is 17.3 Å². The van der Waals surface area contributed by atoms with Gasteiger partial charge in [0.25, 0.3) is 0 Å². The molecule has 0 saturated heterocycles. The van der Waals surface area contributed by atoms with Gasteiger partial charge in [0.15, 0.2) is 0 Å². The van der Waals surface area contributed by atoms with Gasteiger partial charge in [-0.15, -0.1) is 0 Å². The Morgan fingerprint density at radius 3 is 2.79 bits per heavy atom. The van der Waals surface area contributed by atoms with Crippen molar-refractivity contribution in [3.8, 4) is 0 Å². The molecule has 0 bridgehead atoms. The van der Waals surface area contributed by atoms with Gasteiger partial charge in [0.05, 0.1) is 0 Å². The van der Waals surface area contributed by atoms with Gasteiger partial charge in [0, 0.05) is 28.2 Å². The average molecular weight is 209 g/mol. The third kappa shape index (κ3) is 1.51. The molecule has 2 rings (SSSR count).